The second-order valence-electron chi connectivity index (χ2n) is 14.1. The SMILES string of the molecule is CC[N+](CC)(CC)Cc1c(OB(Oc2cc(C(F)(F)F)cc(C(F)(F)F)c2)Oc2cc(C(F)(F)F)cc(C(F)(F)F)c2)cc(C(F)(F)F)cc1C(F)(F)F.FC(F)(F)c1c[c-]cc(C(F)(F)F)c1. The third kappa shape index (κ3) is 15.3. The van der Waals surface area contributed by atoms with Crippen molar-refractivity contribution in [3.8, 4) is 17.2 Å². The molecule has 0 radical (unpaired) electrons. The molecule has 0 aromatic heterocycles. The van der Waals surface area contributed by atoms with E-state index in [0.717, 1.165) is 0 Å². The van der Waals surface area contributed by atoms with E-state index in [1.54, 1.807) is 6.07 Å². The van der Waals surface area contributed by atoms with E-state index in [9.17, 15) is 105 Å². The molecule has 68 heavy (non-hydrogen) atoms. The zero-order valence-corrected chi connectivity index (χ0v) is 34.0. The van der Waals surface area contributed by atoms with Crippen molar-refractivity contribution >= 4 is 7.32 Å². The Labute approximate surface area is 367 Å². The van der Waals surface area contributed by atoms with E-state index in [-0.39, 0.29) is 66.6 Å². The van der Waals surface area contributed by atoms with Gasteiger partial charge in [-0.1, -0.05) is 11.1 Å². The average molecular weight is 1030 g/mol. The van der Waals surface area contributed by atoms with E-state index in [1.807, 2.05) is 0 Å². The highest BCUT2D eigenvalue weighted by Crippen LogP contribution is 2.45. The molecule has 29 heteroatoms. The van der Waals surface area contributed by atoms with Crippen LogP contribution in [-0.4, -0.2) is 31.4 Å². The second-order valence-corrected chi connectivity index (χ2v) is 14.1. The third-order valence-electron chi connectivity index (χ3n) is 9.60. The van der Waals surface area contributed by atoms with Crippen LogP contribution in [0.4, 0.5) is 105 Å². The number of hydrogen-bond acceptors (Lipinski definition) is 3. The van der Waals surface area contributed by atoms with Gasteiger partial charge in [0.25, 0.3) is 0 Å². The maximum Gasteiger partial charge on any atom is 0.864 e. The molecule has 0 aliphatic rings. The number of hydrogen-bond donors (Lipinski definition) is 0. The van der Waals surface area contributed by atoms with Gasteiger partial charge in [-0.15, -0.1) is 6.07 Å². The van der Waals surface area contributed by atoms with Gasteiger partial charge in [0, 0.05) is 0 Å². The summed E-state index contributed by atoms with van der Waals surface area (Å²) in [5.74, 6) is -4.67. The van der Waals surface area contributed by atoms with E-state index in [2.05, 4.69) is 0 Å². The monoisotopic (exact) mass is 1030 g/mol. The lowest BCUT2D eigenvalue weighted by atomic mass is 9.99. The molecule has 4 aromatic carbocycles. The highest BCUT2D eigenvalue weighted by molar-refractivity contribution is 6.39. The summed E-state index contributed by atoms with van der Waals surface area (Å²) in [4.78, 5) is 0. The van der Waals surface area contributed by atoms with E-state index in [4.69, 9.17) is 14.0 Å². The van der Waals surface area contributed by atoms with E-state index in [0.29, 0.717) is 12.1 Å². The molecule has 4 rings (SSSR count). The Morgan fingerprint density at radius 2 is 0.676 bits per heavy atom. The maximum absolute atomic E-state index is 14.4. The van der Waals surface area contributed by atoms with Gasteiger partial charge >= 0.3 is 56.7 Å². The van der Waals surface area contributed by atoms with Crippen LogP contribution >= 0.6 is 0 Å². The molecule has 0 fully saturated rings. The molecule has 0 aliphatic carbocycles. The van der Waals surface area contributed by atoms with Crippen LogP contribution in [0.1, 0.15) is 70.8 Å². The van der Waals surface area contributed by atoms with Crippen LogP contribution in [0.2, 0.25) is 0 Å². The summed E-state index contributed by atoms with van der Waals surface area (Å²) < 4.78 is 335. The Kier molecular flexibility index (Phi) is 16.7. The first kappa shape index (κ1) is 56.9. The van der Waals surface area contributed by atoms with E-state index in [1.165, 1.54) is 20.8 Å². The Bertz CT molecular complexity index is 2160. The molecule has 4 aromatic rings. The summed E-state index contributed by atoms with van der Waals surface area (Å²) in [6, 6.07) is 0.826. The van der Waals surface area contributed by atoms with Crippen molar-refractivity contribution < 1.29 is 124 Å². The van der Waals surface area contributed by atoms with Crippen molar-refractivity contribution in [3.05, 3.63) is 123 Å². The Balaban J connectivity index is 0.000000745. The number of rotatable bonds is 11. The topological polar surface area (TPSA) is 27.7 Å². The zero-order chi connectivity index (χ0) is 52.4. The summed E-state index contributed by atoms with van der Waals surface area (Å²) in [6.45, 7) is 3.71. The molecule has 0 aliphatic heterocycles. The lowest BCUT2D eigenvalue weighted by molar-refractivity contribution is -0.936. The minimum atomic E-state index is -5.61. The molecule has 0 saturated heterocycles. The second kappa shape index (κ2) is 19.9. The van der Waals surface area contributed by atoms with Crippen LogP contribution in [0.25, 0.3) is 0 Å². The molecule has 0 heterocycles. The van der Waals surface area contributed by atoms with Gasteiger partial charge in [0.1, 0.15) is 23.8 Å². The number of alkyl halides is 24. The van der Waals surface area contributed by atoms with Gasteiger partial charge in [-0.3, -0.25) is 0 Å². The summed E-state index contributed by atoms with van der Waals surface area (Å²) in [5.41, 5.74) is -16.3. The first-order chi connectivity index (χ1) is 30.5. The van der Waals surface area contributed by atoms with Crippen LogP contribution in [0.5, 0.6) is 17.2 Å². The van der Waals surface area contributed by atoms with Gasteiger partial charge in [0.2, 0.25) is 0 Å². The molecule has 0 saturated carbocycles. The van der Waals surface area contributed by atoms with E-state index < -0.39 is 143 Å². The lowest BCUT2D eigenvalue weighted by Crippen LogP contribution is -2.47. The number of benzene rings is 4. The van der Waals surface area contributed by atoms with Crippen molar-refractivity contribution in [3.63, 3.8) is 0 Å². The van der Waals surface area contributed by atoms with Gasteiger partial charge < -0.3 is 18.4 Å². The van der Waals surface area contributed by atoms with Crippen LogP contribution < -0.4 is 14.0 Å². The predicted molar refractivity (Wildman–Crippen MR) is 188 cm³/mol. The summed E-state index contributed by atoms with van der Waals surface area (Å²) in [6.07, 6.45) is -43.1. The highest BCUT2D eigenvalue weighted by atomic mass is 19.4. The molecule has 0 bridgehead atoms. The fraction of sp³-hybridized carbons (Fsp3) is 0.385. The van der Waals surface area contributed by atoms with Crippen LogP contribution in [0.3, 0.4) is 0 Å². The molecule has 4 nitrogen and oxygen atoms in total. The molecule has 0 N–H and O–H groups in total. The van der Waals surface area contributed by atoms with Gasteiger partial charge in [-0.25, -0.2) is 0 Å². The number of quaternary nitrogens is 1. The minimum absolute atomic E-state index is 0.0239. The fourth-order valence-electron chi connectivity index (χ4n) is 5.86. The van der Waals surface area contributed by atoms with Gasteiger partial charge in [0.05, 0.1) is 58.6 Å². The van der Waals surface area contributed by atoms with Gasteiger partial charge in [-0.2, -0.15) is 124 Å². The summed E-state index contributed by atoms with van der Waals surface area (Å²) >= 11 is 0. The van der Waals surface area contributed by atoms with Crippen molar-refractivity contribution in [1.29, 1.82) is 0 Å². The number of halogens is 24. The fourth-order valence-corrected chi connectivity index (χ4v) is 5.86. The standard InChI is InChI=1S/C31H25BF18NO3.C8H3F6/c1-4-51(5-2,6-3)15-23-24(31(48,49)50)13-20(30(45,46)47)14-25(23)54-32(52-21-9-16(26(33,34)35)7-17(10-21)27(36,37)38)53-22-11-18(28(39,40)41)8-19(12-22)29(42,43)44;9-7(10,11)5-2-1-3-6(4-5)8(12,13)14/h7-14H,4-6,15H2,1-3H3;2-4H/q+1;-1. The van der Waals surface area contributed by atoms with Gasteiger partial charge in [-0.05, 0) is 69.3 Å². The Morgan fingerprint density at radius 1 is 0.382 bits per heavy atom. The molecular formula is C39H28BF24NO3. The minimum Gasteiger partial charge on any atom is -0.490 e. The molecule has 0 unspecified atom stereocenters. The lowest BCUT2D eigenvalue weighted by Gasteiger charge is -2.37. The average Bonchev–Trinajstić information content (AvgIpc) is 3.17. The predicted octanol–water partition coefficient (Wildman–Crippen LogP) is 15.2. The highest BCUT2D eigenvalue weighted by Gasteiger charge is 2.45. The first-order valence-electron chi connectivity index (χ1n) is 18.4. The largest absolute Gasteiger partial charge is 0.864 e. The van der Waals surface area contributed by atoms with Crippen molar-refractivity contribution in [2.24, 2.45) is 0 Å². The van der Waals surface area contributed by atoms with E-state index >= 15 is 0 Å². The summed E-state index contributed by atoms with van der Waals surface area (Å²) in [7, 11) is -3.26. The molecule has 0 amide bonds. The van der Waals surface area contributed by atoms with Crippen molar-refractivity contribution in [1.82, 2.24) is 0 Å². The first-order valence-corrected chi connectivity index (χ1v) is 18.4. The molecule has 0 atom stereocenters. The van der Waals surface area contributed by atoms with Crippen molar-refractivity contribution in [2.75, 3.05) is 19.6 Å². The molecule has 378 valence electrons. The Hall–Kier alpha value is -5.38. The number of nitrogens with zero attached hydrogens (tertiary/aromatic N) is 1. The van der Waals surface area contributed by atoms with Crippen molar-refractivity contribution in [2.45, 2.75) is 76.7 Å². The smallest absolute Gasteiger partial charge is 0.490 e. The normalized spacial score (nSPS) is 13.5. The quantitative estimate of drug-likeness (QED) is 0.0648. The van der Waals surface area contributed by atoms with Crippen LogP contribution in [-0.2, 0) is 56.0 Å². The van der Waals surface area contributed by atoms with Crippen LogP contribution in [0, 0.1) is 6.07 Å². The molecule has 0 spiro atoms. The van der Waals surface area contributed by atoms with Crippen LogP contribution in [0.15, 0.2) is 66.7 Å². The third-order valence-corrected chi connectivity index (χ3v) is 9.60. The summed E-state index contributed by atoms with van der Waals surface area (Å²) in [5, 5.41) is 0. The maximum atomic E-state index is 14.4. The Morgan fingerprint density at radius 3 is 0.956 bits per heavy atom. The molecular weight excluding hydrogens is 997 g/mol. The zero-order valence-electron chi connectivity index (χ0n) is 34.0. The van der Waals surface area contributed by atoms with Gasteiger partial charge in [0.15, 0.2) is 0 Å².